The summed E-state index contributed by atoms with van der Waals surface area (Å²) in [7, 11) is -7.23. The summed E-state index contributed by atoms with van der Waals surface area (Å²) in [6.45, 7) is 0. The standard InChI is InChI=1S/C25H18F4N4O3S.C25H16F4N4O3S/c2*1-37(35,36)22-8-3-2-7-18(22)16-9-10-20(19(26)12-16)31-24(34)21-13-23(25(27,28)29)32-33(21)17-6-4-5-15(11-17)14-30/h2-12,21H,13H2,1H3,(H,31,34);2-13H,1H3,(H,31,34). The van der Waals surface area contributed by atoms with E-state index in [-0.39, 0.29) is 65.9 Å². The van der Waals surface area contributed by atoms with E-state index in [1.165, 1.54) is 109 Å². The number of hydrogen-bond acceptors (Lipinski definition) is 11. The topological polar surface area (TPSA) is 207 Å². The molecule has 2 heterocycles. The molecule has 2 N–H and O–H groups in total. The van der Waals surface area contributed by atoms with Gasteiger partial charge in [-0.15, -0.1) is 0 Å². The van der Waals surface area contributed by atoms with Crippen molar-refractivity contribution in [1.82, 2.24) is 9.78 Å². The Hall–Kier alpha value is -8.74. The molecular weight excluding hydrogens is 1020 g/mol. The number of alkyl halides is 6. The number of benzene rings is 6. The van der Waals surface area contributed by atoms with Crippen LogP contribution in [0.3, 0.4) is 0 Å². The fourth-order valence-electron chi connectivity index (χ4n) is 7.45. The number of nitriles is 2. The van der Waals surface area contributed by atoms with Gasteiger partial charge in [-0.25, -0.2) is 30.3 Å². The molecule has 0 bridgehead atoms. The van der Waals surface area contributed by atoms with Gasteiger partial charge >= 0.3 is 12.4 Å². The summed E-state index contributed by atoms with van der Waals surface area (Å²) in [5, 5.41) is 30.6. The van der Waals surface area contributed by atoms with Gasteiger partial charge in [-0.2, -0.15) is 47.1 Å². The van der Waals surface area contributed by atoms with E-state index in [9.17, 15) is 61.5 Å². The van der Waals surface area contributed by atoms with Crippen LogP contribution < -0.4 is 15.6 Å². The average Bonchev–Trinajstić information content (AvgIpc) is 4.03. The third kappa shape index (κ3) is 11.9. The molecule has 1 atom stereocenters. The first-order chi connectivity index (χ1) is 34.8. The van der Waals surface area contributed by atoms with Crippen molar-refractivity contribution in [2.24, 2.45) is 5.10 Å². The van der Waals surface area contributed by atoms with Gasteiger partial charge in [0.25, 0.3) is 5.91 Å². The molecule has 6 aromatic carbocycles. The highest BCUT2D eigenvalue weighted by atomic mass is 32.2. The largest absolute Gasteiger partial charge is 0.435 e. The van der Waals surface area contributed by atoms with Gasteiger partial charge < -0.3 is 10.6 Å². The van der Waals surface area contributed by atoms with Crippen molar-refractivity contribution in [1.29, 1.82) is 10.5 Å². The molecule has 0 saturated heterocycles. The number of aromatic nitrogens is 2. The Labute approximate surface area is 416 Å². The van der Waals surface area contributed by atoms with E-state index >= 15 is 0 Å². The highest BCUT2D eigenvalue weighted by Crippen LogP contribution is 2.36. The second kappa shape index (κ2) is 20.8. The van der Waals surface area contributed by atoms with Gasteiger partial charge in [0, 0.05) is 36.1 Å². The molecule has 14 nitrogen and oxygen atoms in total. The molecule has 0 radical (unpaired) electrons. The molecule has 8 rings (SSSR count). The summed E-state index contributed by atoms with van der Waals surface area (Å²) in [6.07, 6.45) is -8.41. The predicted octanol–water partition coefficient (Wildman–Crippen LogP) is 10.1. The second-order valence-corrected chi connectivity index (χ2v) is 20.1. The van der Waals surface area contributed by atoms with Crippen LogP contribution in [0, 0.1) is 34.3 Å². The lowest BCUT2D eigenvalue weighted by Crippen LogP contribution is -2.39. The van der Waals surface area contributed by atoms with Gasteiger partial charge in [0.1, 0.15) is 29.1 Å². The van der Waals surface area contributed by atoms with E-state index in [0.717, 1.165) is 29.7 Å². The minimum absolute atomic E-state index is 0.00999. The number of rotatable bonds is 10. The van der Waals surface area contributed by atoms with Crippen LogP contribution in [-0.4, -0.2) is 68.9 Å². The Balaban J connectivity index is 0.000000216. The van der Waals surface area contributed by atoms with Crippen molar-refractivity contribution in [3.63, 3.8) is 0 Å². The molecule has 0 fully saturated rings. The maximum Gasteiger partial charge on any atom is 0.435 e. The highest BCUT2D eigenvalue weighted by molar-refractivity contribution is 7.91. The molecule has 378 valence electrons. The van der Waals surface area contributed by atoms with Gasteiger partial charge in [0.2, 0.25) is 5.91 Å². The van der Waals surface area contributed by atoms with E-state index in [1.807, 2.05) is 12.1 Å². The zero-order valence-electron chi connectivity index (χ0n) is 38.0. The molecule has 2 amide bonds. The maximum atomic E-state index is 15.0. The summed E-state index contributed by atoms with van der Waals surface area (Å²) in [6, 6.07) is 33.0. The van der Waals surface area contributed by atoms with E-state index in [4.69, 9.17) is 10.5 Å². The molecule has 0 spiro atoms. The number of nitrogens with zero attached hydrogens (tertiary/aromatic N) is 6. The Kier molecular flexibility index (Phi) is 14.9. The molecule has 0 saturated carbocycles. The number of halogens is 8. The van der Waals surface area contributed by atoms with E-state index in [2.05, 4.69) is 20.8 Å². The smallest absolute Gasteiger partial charge is 0.322 e. The van der Waals surface area contributed by atoms with Crippen LogP contribution in [0.1, 0.15) is 33.7 Å². The number of hydrazone groups is 1. The quantitative estimate of drug-likeness (QED) is 0.124. The SMILES string of the molecule is CS(=O)(=O)c1ccccc1-c1ccc(NC(=O)C2CC(C(F)(F)F)=NN2c2cccc(C#N)c2)c(F)c1.CS(=O)(=O)c1ccccc1-c1ccc(NC(=O)c2cc(C(F)(F)F)nn2-c2cccc(C#N)c2)c(F)c1. The zero-order chi connectivity index (χ0) is 53.9. The molecule has 74 heavy (non-hydrogen) atoms. The minimum Gasteiger partial charge on any atom is -0.322 e. The van der Waals surface area contributed by atoms with Crippen LogP contribution >= 0.6 is 0 Å². The van der Waals surface area contributed by atoms with Crippen molar-refractivity contribution in [2.75, 3.05) is 28.2 Å². The van der Waals surface area contributed by atoms with Gasteiger partial charge in [-0.1, -0.05) is 60.7 Å². The van der Waals surface area contributed by atoms with Crippen LogP contribution in [0.2, 0.25) is 0 Å². The summed E-state index contributed by atoms with van der Waals surface area (Å²) in [5.74, 6) is -3.90. The third-order valence-electron chi connectivity index (χ3n) is 10.9. The summed E-state index contributed by atoms with van der Waals surface area (Å²) in [4.78, 5) is 25.9. The first kappa shape index (κ1) is 53.1. The molecule has 24 heteroatoms. The number of sulfone groups is 2. The minimum atomic E-state index is -4.87. The normalized spacial score (nSPS) is 13.7. The maximum absolute atomic E-state index is 15.0. The van der Waals surface area contributed by atoms with Crippen LogP contribution in [0.5, 0.6) is 0 Å². The van der Waals surface area contributed by atoms with Crippen molar-refractivity contribution in [3.05, 3.63) is 174 Å². The van der Waals surface area contributed by atoms with Crippen LogP contribution in [0.25, 0.3) is 27.9 Å². The van der Waals surface area contributed by atoms with E-state index < -0.39 is 85.0 Å². The third-order valence-corrected chi connectivity index (χ3v) is 13.2. The fraction of sp³-hybridized carbons (Fsp3) is 0.120. The summed E-state index contributed by atoms with van der Waals surface area (Å²) in [5.41, 5.74) is -2.41. The molecular formula is C50H34F8N8O6S2. The van der Waals surface area contributed by atoms with Crippen LogP contribution in [0.4, 0.5) is 52.2 Å². The van der Waals surface area contributed by atoms with Gasteiger partial charge in [-0.3, -0.25) is 14.6 Å². The first-order valence-electron chi connectivity index (χ1n) is 21.2. The zero-order valence-corrected chi connectivity index (χ0v) is 39.7. The lowest BCUT2D eigenvalue weighted by atomic mass is 10.0. The molecule has 0 aliphatic carbocycles. The number of anilines is 3. The van der Waals surface area contributed by atoms with Gasteiger partial charge in [-0.05, 0) is 83.9 Å². The Morgan fingerprint density at radius 2 is 1.11 bits per heavy atom. The Morgan fingerprint density at radius 1 is 0.622 bits per heavy atom. The van der Waals surface area contributed by atoms with Gasteiger partial charge in [0.05, 0.1) is 55.8 Å². The molecule has 1 aromatic heterocycles. The fourth-order valence-corrected chi connectivity index (χ4v) is 9.28. The lowest BCUT2D eigenvalue weighted by molar-refractivity contribution is -0.141. The number of nitrogens with one attached hydrogen (secondary N) is 2. The molecule has 1 aliphatic heterocycles. The number of carbonyl (C=O) groups excluding carboxylic acids is 2. The predicted molar refractivity (Wildman–Crippen MR) is 255 cm³/mol. The molecule has 7 aromatic rings. The average molecular weight is 1060 g/mol. The van der Waals surface area contributed by atoms with Crippen molar-refractivity contribution < 1.29 is 61.5 Å². The van der Waals surface area contributed by atoms with Gasteiger partial charge in [0.15, 0.2) is 25.4 Å². The van der Waals surface area contributed by atoms with Crippen molar-refractivity contribution in [3.8, 4) is 40.1 Å². The molecule has 1 unspecified atom stereocenters. The lowest BCUT2D eigenvalue weighted by Gasteiger charge is -2.23. The van der Waals surface area contributed by atoms with Crippen LogP contribution in [-0.2, 0) is 30.6 Å². The monoisotopic (exact) mass is 1060 g/mol. The Bertz CT molecular complexity index is 3720. The summed E-state index contributed by atoms with van der Waals surface area (Å²) >= 11 is 0. The van der Waals surface area contributed by atoms with Crippen molar-refractivity contribution >= 4 is 54.3 Å². The highest BCUT2D eigenvalue weighted by Gasteiger charge is 2.46. The van der Waals surface area contributed by atoms with E-state index in [0.29, 0.717) is 10.7 Å². The summed E-state index contributed by atoms with van der Waals surface area (Å²) < 4.78 is 159. The first-order valence-corrected chi connectivity index (χ1v) is 25.0. The Morgan fingerprint density at radius 3 is 1.58 bits per heavy atom. The second-order valence-electron chi connectivity index (χ2n) is 16.1. The number of amides is 2. The van der Waals surface area contributed by atoms with Crippen molar-refractivity contribution in [2.45, 2.75) is 34.6 Å². The number of carbonyl (C=O) groups is 2. The van der Waals surface area contributed by atoms with Crippen LogP contribution in [0.15, 0.2) is 154 Å². The molecule has 1 aliphatic rings. The van der Waals surface area contributed by atoms with E-state index in [1.54, 1.807) is 12.1 Å². The number of hydrogen-bond donors (Lipinski definition) is 2.